The minimum absolute atomic E-state index is 0.0653. The van der Waals surface area contributed by atoms with E-state index in [1.165, 1.54) is 34.9 Å². The van der Waals surface area contributed by atoms with Crippen LogP contribution in [0.15, 0.2) is 87.5 Å². The SMILES string of the molecule is CC(C)(C)c1ccc(Oc2nc3ccccn3c(=O)c2/C=C(\C#N)S(=O)(=O)c2ccc(Cl)cc2)cc1. The summed E-state index contributed by atoms with van der Waals surface area (Å²) < 4.78 is 33.5. The molecule has 0 saturated carbocycles. The van der Waals surface area contributed by atoms with E-state index in [4.69, 9.17) is 16.3 Å². The molecule has 0 bridgehead atoms. The Labute approximate surface area is 213 Å². The molecule has 2 aromatic heterocycles. The monoisotopic (exact) mass is 519 g/mol. The summed E-state index contributed by atoms with van der Waals surface area (Å²) in [6.45, 7) is 6.26. The third-order valence-electron chi connectivity index (χ3n) is 5.47. The van der Waals surface area contributed by atoms with E-state index in [2.05, 4.69) is 25.8 Å². The minimum atomic E-state index is -4.24. The summed E-state index contributed by atoms with van der Waals surface area (Å²) in [5.74, 6) is 0.290. The van der Waals surface area contributed by atoms with Crippen molar-refractivity contribution in [1.29, 1.82) is 5.26 Å². The van der Waals surface area contributed by atoms with Crippen molar-refractivity contribution >= 4 is 33.2 Å². The topological polar surface area (TPSA) is 102 Å². The van der Waals surface area contributed by atoms with Crippen LogP contribution in [0.1, 0.15) is 31.9 Å². The molecule has 2 heterocycles. The highest BCUT2D eigenvalue weighted by atomic mass is 35.5. The Kier molecular flexibility index (Phi) is 6.72. The maximum absolute atomic E-state index is 13.4. The number of fused-ring (bicyclic) bond motifs is 1. The highest BCUT2D eigenvalue weighted by molar-refractivity contribution is 7.95. The van der Waals surface area contributed by atoms with Crippen LogP contribution in [0.4, 0.5) is 0 Å². The molecular formula is C27H22ClN3O4S. The molecule has 0 aliphatic heterocycles. The molecule has 0 spiro atoms. The number of pyridine rings is 1. The van der Waals surface area contributed by atoms with E-state index in [0.29, 0.717) is 16.4 Å². The lowest BCUT2D eigenvalue weighted by molar-refractivity contribution is 0.460. The van der Waals surface area contributed by atoms with Gasteiger partial charge in [0.05, 0.1) is 4.90 Å². The second kappa shape index (κ2) is 9.61. The molecule has 0 fully saturated rings. The van der Waals surface area contributed by atoms with Crippen LogP contribution >= 0.6 is 11.6 Å². The van der Waals surface area contributed by atoms with Gasteiger partial charge in [-0.15, -0.1) is 0 Å². The first-order valence-electron chi connectivity index (χ1n) is 10.9. The van der Waals surface area contributed by atoms with Gasteiger partial charge in [0.1, 0.15) is 27.9 Å². The molecule has 0 unspecified atom stereocenters. The number of sulfone groups is 1. The number of nitriles is 1. The molecule has 7 nitrogen and oxygen atoms in total. The number of aromatic nitrogens is 2. The number of allylic oxidation sites excluding steroid dienone is 1. The number of nitrogens with zero attached hydrogens (tertiary/aromatic N) is 3. The Hall–Kier alpha value is -3.93. The van der Waals surface area contributed by atoms with Gasteiger partial charge in [0, 0.05) is 11.2 Å². The zero-order chi connectivity index (χ0) is 26.1. The number of hydrogen-bond donors (Lipinski definition) is 0. The molecule has 0 amide bonds. The first kappa shape index (κ1) is 25.2. The normalized spacial score (nSPS) is 12.4. The van der Waals surface area contributed by atoms with Crippen LogP contribution in [0.25, 0.3) is 11.7 Å². The van der Waals surface area contributed by atoms with Crippen molar-refractivity contribution < 1.29 is 13.2 Å². The molecule has 2 aromatic carbocycles. The van der Waals surface area contributed by atoms with Gasteiger partial charge >= 0.3 is 0 Å². The Morgan fingerprint density at radius 2 is 1.72 bits per heavy atom. The van der Waals surface area contributed by atoms with E-state index in [0.717, 1.165) is 11.6 Å². The van der Waals surface area contributed by atoms with Crippen LogP contribution in [0.2, 0.25) is 5.02 Å². The van der Waals surface area contributed by atoms with Gasteiger partial charge in [-0.3, -0.25) is 9.20 Å². The van der Waals surface area contributed by atoms with Crippen molar-refractivity contribution in [3.63, 3.8) is 0 Å². The summed E-state index contributed by atoms with van der Waals surface area (Å²) in [6.07, 6.45) is 2.50. The summed E-state index contributed by atoms with van der Waals surface area (Å²) >= 11 is 5.87. The lowest BCUT2D eigenvalue weighted by atomic mass is 9.87. The average molecular weight is 520 g/mol. The fourth-order valence-corrected chi connectivity index (χ4v) is 4.73. The van der Waals surface area contributed by atoms with E-state index < -0.39 is 20.3 Å². The highest BCUT2D eigenvalue weighted by Crippen LogP contribution is 2.29. The standard InChI is InChI=1S/C27H22ClN3O4S/c1-27(2,3)18-7-11-20(12-8-18)35-25-23(26(32)31-15-5-4-6-24(31)30-25)16-22(17-29)36(33,34)21-13-9-19(28)10-14-21/h4-16H,1-3H3/b22-16+. The van der Waals surface area contributed by atoms with Gasteiger partial charge in [-0.2, -0.15) is 10.2 Å². The molecule has 0 atom stereocenters. The zero-order valence-corrected chi connectivity index (χ0v) is 21.3. The van der Waals surface area contributed by atoms with E-state index in [-0.39, 0.29) is 21.8 Å². The summed E-state index contributed by atoms with van der Waals surface area (Å²) in [5.41, 5.74) is 0.570. The van der Waals surface area contributed by atoms with Gasteiger partial charge in [-0.25, -0.2) is 8.42 Å². The summed E-state index contributed by atoms with van der Waals surface area (Å²) in [6, 6.07) is 19.4. The third-order valence-corrected chi connectivity index (χ3v) is 7.40. The predicted octanol–water partition coefficient (Wildman–Crippen LogP) is 5.78. The Morgan fingerprint density at radius 3 is 2.33 bits per heavy atom. The second-order valence-corrected chi connectivity index (χ2v) is 11.4. The minimum Gasteiger partial charge on any atom is -0.438 e. The molecule has 9 heteroatoms. The van der Waals surface area contributed by atoms with Crippen molar-refractivity contribution in [2.45, 2.75) is 31.1 Å². The van der Waals surface area contributed by atoms with Crippen molar-refractivity contribution in [2.24, 2.45) is 0 Å². The third kappa shape index (κ3) is 5.03. The van der Waals surface area contributed by atoms with Gasteiger partial charge < -0.3 is 4.74 Å². The number of hydrogen-bond acceptors (Lipinski definition) is 6. The van der Waals surface area contributed by atoms with E-state index in [1.54, 1.807) is 36.4 Å². The van der Waals surface area contributed by atoms with Gasteiger partial charge in [0.15, 0.2) is 0 Å². The summed E-state index contributed by atoms with van der Waals surface area (Å²) in [5, 5.41) is 10.1. The van der Waals surface area contributed by atoms with E-state index >= 15 is 0 Å². The predicted molar refractivity (Wildman–Crippen MR) is 139 cm³/mol. The van der Waals surface area contributed by atoms with Crippen LogP contribution in [-0.4, -0.2) is 17.8 Å². The molecule has 4 rings (SSSR count). The van der Waals surface area contributed by atoms with Crippen molar-refractivity contribution in [3.8, 4) is 17.7 Å². The highest BCUT2D eigenvalue weighted by Gasteiger charge is 2.24. The Morgan fingerprint density at radius 1 is 1.06 bits per heavy atom. The zero-order valence-electron chi connectivity index (χ0n) is 19.8. The molecule has 0 radical (unpaired) electrons. The molecule has 36 heavy (non-hydrogen) atoms. The fraction of sp³-hybridized carbons (Fsp3) is 0.148. The largest absolute Gasteiger partial charge is 0.438 e. The van der Waals surface area contributed by atoms with Crippen molar-refractivity contribution in [2.75, 3.05) is 0 Å². The first-order chi connectivity index (χ1) is 17.0. The van der Waals surface area contributed by atoms with Crippen LogP contribution in [0.5, 0.6) is 11.6 Å². The second-order valence-electron chi connectivity index (χ2n) is 9.02. The van der Waals surface area contributed by atoms with E-state index in [9.17, 15) is 18.5 Å². The number of benzene rings is 2. The van der Waals surface area contributed by atoms with Gasteiger partial charge in [0.25, 0.3) is 5.56 Å². The molecular weight excluding hydrogens is 498 g/mol. The number of halogens is 1. The lowest BCUT2D eigenvalue weighted by Gasteiger charge is -2.19. The Bertz CT molecular complexity index is 1680. The smallest absolute Gasteiger partial charge is 0.269 e. The van der Waals surface area contributed by atoms with Crippen molar-refractivity contribution in [1.82, 2.24) is 9.38 Å². The maximum atomic E-state index is 13.4. The van der Waals surface area contributed by atoms with Crippen LogP contribution in [0.3, 0.4) is 0 Å². The molecule has 4 aromatic rings. The maximum Gasteiger partial charge on any atom is 0.269 e. The number of ether oxygens (including phenoxy) is 1. The average Bonchev–Trinajstić information content (AvgIpc) is 2.84. The fourth-order valence-electron chi connectivity index (χ4n) is 3.46. The van der Waals surface area contributed by atoms with Gasteiger partial charge in [0.2, 0.25) is 15.7 Å². The summed E-state index contributed by atoms with van der Waals surface area (Å²) in [7, 11) is -4.24. The molecule has 0 N–H and O–H groups in total. The van der Waals surface area contributed by atoms with Crippen LogP contribution < -0.4 is 10.3 Å². The Balaban J connectivity index is 1.88. The lowest BCUT2D eigenvalue weighted by Crippen LogP contribution is -2.19. The number of rotatable bonds is 5. The van der Waals surface area contributed by atoms with Gasteiger partial charge in [-0.1, -0.05) is 50.6 Å². The molecule has 0 aliphatic carbocycles. The first-order valence-corrected chi connectivity index (χ1v) is 12.8. The quantitative estimate of drug-likeness (QED) is 0.310. The van der Waals surface area contributed by atoms with Crippen molar-refractivity contribution in [3.05, 3.63) is 104 Å². The van der Waals surface area contributed by atoms with Crippen LogP contribution in [0, 0.1) is 11.3 Å². The molecule has 0 saturated heterocycles. The molecule has 182 valence electrons. The summed E-state index contributed by atoms with van der Waals surface area (Å²) in [4.78, 5) is 17.0. The van der Waals surface area contributed by atoms with Crippen LogP contribution in [-0.2, 0) is 15.3 Å². The van der Waals surface area contributed by atoms with E-state index in [1.807, 2.05) is 12.1 Å². The molecule has 0 aliphatic rings. The van der Waals surface area contributed by atoms with Gasteiger partial charge in [-0.05, 0) is 65.6 Å².